The van der Waals surface area contributed by atoms with Gasteiger partial charge < -0.3 is 10.1 Å². The van der Waals surface area contributed by atoms with Crippen LogP contribution in [0.15, 0.2) is 12.4 Å². The van der Waals surface area contributed by atoms with Crippen LogP contribution in [0, 0.1) is 11.3 Å². The number of nitrogens with zero attached hydrogens (tertiary/aromatic N) is 3. The quantitative estimate of drug-likeness (QED) is 0.730. The summed E-state index contributed by atoms with van der Waals surface area (Å²) in [5.41, 5.74) is 0.339. The Labute approximate surface area is 102 Å². The number of nitriles is 1. The largest absolute Gasteiger partial charge is 0.379 e. The van der Waals surface area contributed by atoms with Gasteiger partial charge in [-0.05, 0) is 26.7 Å². The van der Waals surface area contributed by atoms with Crippen LogP contribution < -0.4 is 5.32 Å². The van der Waals surface area contributed by atoms with Crippen molar-refractivity contribution in [2.24, 2.45) is 0 Å². The second-order valence-electron chi connectivity index (χ2n) is 3.92. The fourth-order valence-electron chi connectivity index (χ4n) is 1.30. The Morgan fingerprint density at radius 1 is 1.35 bits per heavy atom. The first-order chi connectivity index (χ1) is 8.24. The number of nitrogens with one attached hydrogen (secondary N) is 1. The summed E-state index contributed by atoms with van der Waals surface area (Å²) in [5, 5.41) is 11.9. The number of ether oxygens (including phenoxy) is 1. The third kappa shape index (κ3) is 5.27. The molecular formula is C12H18N4O. The van der Waals surface area contributed by atoms with Crippen molar-refractivity contribution in [3.8, 4) is 6.07 Å². The van der Waals surface area contributed by atoms with Gasteiger partial charge in [0.2, 0.25) is 0 Å². The molecule has 0 amide bonds. The van der Waals surface area contributed by atoms with Crippen molar-refractivity contribution in [1.82, 2.24) is 9.97 Å². The van der Waals surface area contributed by atoms with E-state index in [1.54, 1.807) is 6.20 Å². The van der Waals surface area contributed by atoms with Crippen molar-refractivity contribution in [1.29, 1.82) is 5.26 Å². The number of hydrogen-bond donors (Lipinski definition) is 1. The summed E-state index contributed by atoms with van der Waals surface area (Å²) in [4.78, 5) is 7.99. The lowest BCUT2D eigenvalue weighted by Gasteiger charge is -2.08. The van der Waals surface area contributed by atoms with E-state index in [0.29, 0.717) is 11.5 Å². The number of unbranched alkanes of at least 4 members (excludes halogenated alkanes) is 1. The van der Waals surface area contributed by atoms with Crippen LogP contribution in [0.2, 0.25) is 0 Å². The van der Waals surface area contributed by atoms with Gasteiger partial charge in [-0.1, -0.05) is 0 Å². The maximum Gasteiger partial charge on any atom is 0.182 e. The third-order valence-corrected chi connectivity index (χ3v) is 2.12. The van der Waals surface area contributed by atoms with E-state index in [1.165, 1.54) is 6.20 Å². The SMILES string of the molecule is CC(C)OCCCCNc1nccnc1C#N. The number of anilines is 1. The second-order valence-corrected chi connectivity index (χ2v) is 3.92. The standard InChI is InChI=1S/C12H18N4O/c1-10(2)17-8-4-3-5-15-12-11(9-13)14-6-7-16-12/h6-7,10H,3-5,8H2,1-2H3,(H,15,16). The zero-order valence-electron chi connectivity index (χ0n) is 10.3. The van der Waals surface area contributed by atoms with E-state index in [9.17, 15) is 0 Å². The average Bonchev–Trinajstić information content (AvgIpc) is 2.33. The summed E-state index contributed by atoms with van der Waals surface area (Å²) in [6.07, 6.45) is 5.35. The van der Waals surface area contributed by atoms with Crippen LogP contribution in [0.1, 0.15) is 32.4 Å². The highest BCUT2D eigenvalue weighted by Crippen LogP contribution is 2.06. The maximum absolute atomic E-state index is 8.81. The van der Waals surface area contributed by atoms with Crippen LogP contribution in [-0.2, 0) is 4.74 Å². The van der Waals surface area contributed by atoms with Gasteiger partial charge in [-0.3, -0.25) is 0 Å². The van der Waals surface area contributed by atoms with Crippen LogP contribution in [0.3, 0.4) is 0 Å². The summed E-state index contributed by atoms with van der Waals surface area (Å²) in [6, 6.07) is 2.00. The monoisotopic (exact) mass is 234 g/mol. The lowest BCUT2D eigenvalue weighted by molar-refractivity contribution is 0.0765. The van der Waals surface area contributed by atoms with E-state index in [-0.39, 0.29) is 6.10 Å². The van der Waals surface area contributed by atoms with Gasteiger partial charge in [0.25, 0.3) is 0 Å². The molecule has 0 aliphatic rings. The molecule has 0 spiro atoms. The minimum absolute atomic E-state index is 0.285. The van der Waals surface area contributed by atoms with Crippen molar-refractivity contribution < 1.29 is 4.74 Å². The zero-order chi connectivity index (χ0) is 12.5. The highest BCUT2D eigenvalue weighted by Gasteiger charge is 2.02. The molecule has 1 heterocycles. The molecule has 1 aromatic heterocycles. The van der Waals surface area contributed by atoms with Crippen LogP contribution >= 0.6 is 0 Å². The lowest BCUT2D eigenvalue weighted by Crippen LogP contribution is -2.08. The highest BCUT2D eigenvalue weighted by molar-refractivity contribution is 5.46. The fourth-order valence-corrected chi connectivity index (χ4v) is 1.30. The van der Waals surface area contributed by atoms with E-state index >= 15 is 0 Å². The molecule has 1 N–H and O–H groups in total. The Morgan fingerprint density at radius 3 is 2.82 bits per heavy atom. The van der Waals surface area contributed by atoms with Gasteiger partial charge in [-0.15, -0.1) is 0 Å². The van der Waals surface area contributed by atoms with Gasteiger partial charge in [-0.25, -0.2) is 9.97 Å². The molecule has 0 radical (unpaired) electrons. The average molecular weight is 234 g/mol. The molecule has 0 aliphatic heterocycles. The molecule has 92 valence electrons. The Balaban J connectivity index is 2.20. The van der Waals surface area contributed by atoms with Gasteiger partial charge >= 0.3 is 0 Å². The first-order valence-electron chi connectivity index (χ1n) is 5.80. The van der Waals surface area contributed by atoms with Crippen LogP contribution in [0.4, 0.5) is 5.82 Å². The molecule has 17 heavy (non-hydrogen) atoms. The van der Waals surface area contributed by atoms with E-state index < -0.39 is 0 Å². The van der Waals surface area contributed by atoms with Crippen molar-refractivity contribution >= 4 is 5.82 Å². The zero-order valence-corrected chi connectivity index (χ0v) is 10.3. The summed E-state index contributed by atoms with van der Waals surface area (Å²) in [5.74, 6) is 0.555. The molecule has 1 rings (SSSR count). The molecule has 0 aliphatic carbocycles. The van der Waals surface area contributed by atoms with Crippen LogP contribution in [-0.4, -0.2) is 29.2 Å². The third-order valence-electron chi connectivity index (χ3n) is 2.12. The van der Waals surface area contributed by atoms with E-state index in [0.717, 1.165) is 26.0 Å². The Hall–Kier alpha value is -1.67. The fraction of sp³-hybridized carbons (Fsp3) is 0.583. The summed E-state index contributed by atoms with van der Waals surface area (Å²) < 4.78 is 5.43. The predicted octanol–water partition coefficient (Wildman–Crippen LogP) is 1.97. The number of hydrogen-bond acceptors (Lipinski definition) is 5. The van der Waals surface area contributed by atoms with Gasteiger partial charge in [0, 0.05) is 25.5 Å². The van der Waals surface area contributed by atoms with Crippen molar-refractivity contribution in [2.75, 3.05) is 18.5 Å². The number of aromatic nitrogens is 2. The van der Waals surface area contributed by atoms with Gasteiger partial charge in [-0.2, -0.15) is 5.26 Å². The van der Waals surface area contributed by atoms with Gasteiger partial charge in [0.1, 0.15) is 6.07 Å². The van der Waals surface area contributed by atoms with Crippen LogP contribution in [0.25, 0.3) is 0 Å². The summed E-state index contributed by atoms with van der Waals surface area (Å²) in [7, 11) is 0. The van der Waals surface area contributed by atoms with Crippen molar-refractivity contribution in [3.05, 3.63) is 18.1 Å². The Bertz CT molecular complexity index is 373. The predicted molar refractivity (Wildman–Crippen MR) is 65.6 cm³/mol. The van der Waals surface area contributed by atoms with Crippen molar-refractivity contribution in [3.63, 3.8) is 0 Å². The molecule has 0 saturated heterocycles. The normalized spacial score (nSPS) is 10.2. The smallest absolute Gasteiger partial charge is 0.182 e. The first-order valence-corrected chi connectivity index (χ1v) is 5.80. The van der Waals surface area contributed by atoms with E-state index in [4.69, 9.17) is 10.00 Å². The molecule has 5 nitrogen and oxygen atoms in total. The van der Waals surface area contributed by atoms with Gasteiger partial charge in [0.15, 0.2) is 11.5 Å². The number of rotatable bonds is 7. The molecule has 5 heteroatoms. The van der Waals surface area contributed by atoms with Crippen molar-refractivity contribution in [2.45, 2.75) is 32.8 Å². The minimum atomic E-state index is 0.285. The summed E-state index contributed by atoms with van der Waals surface area (Å²) >= 11 is 0. The molecule has 0 aromatic carbocycles. The maximum atomic E-state index is 8.81. The molecule has 0 bridgehead atoms. The van der Waals surface area contributed by atoms with Crippen LogP contribution in [0.5, 0.6) is 0 Å². The summed E-state index contributed by atoms with van der Waals surface area (Å²) in [6.45, 7) is 5.59. The second kappa shape index (κ2) is 7.58. The Kier molecular flexibility index (Phi) is 5.97. The minimum Gasteiger partial charge on any atom is -0.379 e. The Morgan fingerprint density at radius 2 is 2.12 bits per heavy atom. The highest BCUT2D eigenvalue weighted by atomic mass is 16.5. The molecule has 0 fully saturated rings. The first kappa shape index (κ1) is 13.4. The van der Waals surface area contributed by atoms with E-state index in [2.05, 4.69) is 15.3 Å². The van der Waals surface area contributed by atoms with Gasteiger partial charge in [0.05, 0.1) is 6.10 Å². The molecule has 0 atom stereocenters. The van der Waals surface area contributed by atoms with E-state index in [1.807, 2.05) is 19.9 Å². The lowest BCUT2D eigenvalue weighted by atomic mass is 10.3. The molecular weight excluding hydrogens is 216 g/mol. The topological polar surface area (TPSA) is 70.8 Å². The molecule has 1 aromatic rings. The molecule has 0 unspecified atom stereocenters. The molecule has 0 saturated carbocycles.